The van der Waals surface area contributed by atoms with Crippen LogP contribution in [0.25, 0.3) is 11.3 Å². The highest BCUT2D eigenvalue weighted by Crippen LogP contribution is 2.32. The lowest BCUT2D eigenvalue weighted by molar-refractivity contribution is 0.416. The van der Waals surface area contributed by atoms with Crippen LogP contribution < -0.4 is 14.5 Å². The predicted octanol–water partition coefficient (Wildman–Crippen LogP) is 4.00. The van der Waals surface area contributed by atoms with E-state index >= 15 is 0 Å². The van der Waals surface area contributed by atoms with E-state index in [1.807, 2.05) is 30.9 Å². The Kier molecular flexibility index (Phi) is 5.60. The van der Waals surface area contributed by atoms with Crippen LogP contribution in [0, 0.1) is 0 Å². The fourth-order valence-corrected chi connectivity index (χ4v) is 3.67. The first-order chi connectivity index (χ1) is 14.2. The number of aromatic nitrogens is 3. The second-order valence-electron chi connectivity index (χ2n) is 7.56. The van der Waals surface area contributed by atoms with Crippen molar-refractivity contribution in [2.45, 2.75) is 19.8 Å². The van der Waals surface area contributed by atoms with Gasteiger partial charge in [-0.2, -0.15) is 0 Å². The lowest BCUT2D eigenvalue weighted by Gasteiger charge is -2.36. The average molecular weight is 390 g/mol. The molecule has 1 aliphatic rings. The summed E-state index contributed by atoms with van der Waals surface area (Å²) in [5.41, 5.74) is 4.32. The lowest BCUT2D eigenvalue weighted by atomic mass is 9.99. The summed E-state index contributed by atoms with van der Waals surface area (Å²) in [7, 11) is 1.70. The van der Waals surface area contributed by atoms with E-state index in [0.29, 0.717) is 5.92 Å². The van der Waals surface area contributed by atoms with Crippen LogP contribution in [0.4, 0.5) is 11.5 Å². The van der Waals surface area contributed by atoms with Crippen molar-refractivity contribution in [3.05, 3.63) is 60.7 Å². The first-order valence-corrected chi connectivity index (χ1v) is 10.1. The van der Waals surface area contributed by atoms with Gasteiger partial charge in [-0.1, -0.05) is 19.9 Å². The van der Waals surface area contributed by atoms with Crippen molar-refractivity contribution in [2.75, 3.05) is 43.1 Å². The second kappa shape index (κ2) is 8.47. The predicted molar refractivity (Wildman–Crippen MR) is 117 cm³/mol. The van der Waals surface area contributed by atoms with E-state index in [0.717, 1.165) is 49.0 Å². The summed E-state index contributed by atoms with van der Waals surface area (Å²) >= 11 is 0. The number of ether oxygens (including phenoxy) is 1. The maximum absolute atomic E-state index is 5.59. The molecule has 0 atom stereocenters. The molecule has 0 spiro atoms. The molecule has 0 saturated carbocycles. The summed E-state index contributed by atoms with van der Waals surface area (Å²) in [4.78, 5) is 18.2. The van der Waals surface area contributed by atoms with Crippen molar-refractivity contribution in [1.82, 2.24) is 15.0 Å². The molecule has 3 aromatic rings. The number of benzene rings is 1. The molecule has 29 heavy (non-hydrogen) atoms. The Morgan fingerprint density at radius 2 is 1.62 bits per heavy atom. The van der Waals surface area contributed by atoms with Gasteiger partial charge in [0.15, 0.2) is 0 Å². The summed E-state index contributed by atoms with van der Waals surface area (Å²) in [6, 6.07) is 10.4. The van der Waals surface area contributed by atoms with E-state index in [2.05, 4.69) is 57.9 Å². The molecule has 0 bridgehead atoms. The summed E-state index contributed by atoms with van der Waals surface area (Å²) in [5, 5.41) is 0. The molecule has 1 aliphatic heterocycles. The lowest BCUT2D eigenvalue weighted by Crippen LogP contribution is -2.46. The van der Waals surface area contributed by atoms with Crippen LogP contribution in [0.1, 0.15) is 25.3 Å². The van der Waals surface area contributed by atoms with Crippen LogP contribution in [0.15, 0.2) is 55.1 Å². The fourth-order valence-electron chi connectivity index (χ4n) is 3.67. The van der Waals surface area contributed by atoms with Crippen LogP contribution in [0.2, 0.25) is 0 Å². The zero-order valence-corrected chi connectivity index (χ0v) is 17.2. The van der Waals surface area contributed by atoms with Gasteiger partial charge in [0.2, 0.25) is 0 Å². The number of rotatable bonds is 5. The average Bonchev–Trinajstić information content (AvgIpc) is 2.79. The fraction of sp³-hybridized carbons (Fsp3) is 0.348. The largest absolute Gasteiger partial charge is 0.496 e. The van der Waals surface area contributed by atoms with Gasteiger partial charge in [0.05, 0.1) is 25.2 Å². The summed E-state index contributed by atoms with van der Waals surface area (Å²) < 4.78 is 5.59. The Morgan fingerprint density at radius 3 is 2.31 bits per heavy atom. The van der Waals surface area contributed by atoms with Gasteiger partial charge < -0.3 is 14.5 Å². The summed E-state index contributed by atoms with van der Waals surface area (Å²) in [5.74, 6) is 2.18. The quantitative estimate of drug-likeness (QED) is 0.657. The highest BCUT2D eigenvalue weighted by atomic mass is 16.5. The van der Waals surface area contributed by atoms with E-state index < -0.39 is 0 Å². The minimum Gasteiger partial charge on any atom is -0.496 e. The maximum atomic E-state index is 5.59. The van der Waals surface area contributed by atoms with Crippen LogP contribution >= 0.6 is 0 Å². The minimum atomic E-state index is 0.442. The van der Waals surface area contributed by atoms with Gasteiger partial charge in [-0.05, 0) is 35.7 Å². The van der Waals surface area contributed by atoms with E-state index in [4.69, 9.17) is 9.72 Å². The van der Waals surface area contributed by atoms with Crippen molar-refractivity contribution < 1.29 is 4.74 Å². The van der Waals surface area contributed by atoms with Gasteiger partial charge in [0, 0.05) is 49.8 Å². The highest BCUT2D eigenvalue weighted by Gasteiger charge is 2.20. The smallest absolute Gasteiger partial charge is 0.147 e. The van der Waals surface area contributed by atoms with Gasteiger partial charge >= 0.3 is 0 Å². The molecule has 150 valence electrons. The molecule has 0 radical (unpaired) electrons. The number of methoxy groups -OCH3 is 1. The Hall–Kier alpha value is -3.15. The van der Waals surface area contributed by atoms with E-state index in [1.165, 1.54) is 11.3 Å². The van der Waals surface area contributed by atoms with E-state index in [9.17, 15) is 0 Å². The zero-order chi connectivity index (χ0) is 20.2. The molecule has 4 rings (SSSR count). The number of anilines is 2. The third-order valence-corrected chi connectivity index (χ3v) is 5.42. The topological polar surface area (TPSA) is 54.4 Å². The molecule has 1 fully saturated rings. The molecular weight excluding hydrogens is 362 g/mol. The second-order valence-corrected chi connectivity index (χ2v) is 7.56. The number of hydrogen-bond acceptors (Lipinski definition) is 6. The first-order valence-electron chi connectivity index (χ1n) is 10.1. The summed E-state index contributed by atoms with van der Waals surface area (Å²) in [6.45, 7) is 8.09. The van der Waals surface area contributed by atoms with Crippen molar-refractivity contribution in [3.8, 4) is 17.0 Å². The van der Waals surface area contributed by atoms with Crippen LogP contribution in [0.5, 0.6) is 5.75 Å². The number of hydrogen-bond donors (Lipinski definition) is 0. The number of piperazine rings is 1. The molecule has 3 heterocycles. The Balaban J connectivity index is 1.55. The third kappa shape index (κ3) is 4.16. The molecular formula is C23H27N5O. The minimum absolute atomic E-state index is 0.442. The zero-order valence-electron chi connectivity index (χ0n) is 17.2. The Labute approximate surface area is 172 Å². The monoisotopic (exact) mass is 389 g/mol. The van der Waals surface area contributed by atoms with Gasteiger partial charge in [0.25, 0.3) is 0 Å². The molecule has 0 aliphatic carbocycles. The van der Waals surface area contributed by atoms with Gasteiger partial charge in [0.1, 0.15) is 11.6 Å². The van der Waals surface area contributed by atoms with Gasteiger partial charge in [-0.25, -0.2) is 4.98 Å². The molecule has 0 amide bonds. The number of pyridine rings is 1. The number of nitrogens with zero attached hydrogens (tertiary/aromatic N) is 5. The first kappa shape index (κ1) is 19.2. The van der Waals surface area contributed by atoms with Crippen LogP contribution in [0.3, 0.4) is 0 Å². The molecule has 2 aromatic heterocycles. The third-order valence-electron chi connectivity index (χ3n) is 5.42. The summed E-state index contributed by atoms with van der Waals surface area (Å²) in [6.07, 6.45) is 7.35. The van der Waals surface area contributed by atoms with Gasteiger partial charge in [-0.15, -0.1) is 0 Å². The van der Waals surface area contributed by atoms with Crippen molar-refractivity contribution in [2.24, 2.45) is 0 Å². The van der Waals surface area contributed by atoms with Crippen molar-refractivity contribution in [3.63, 3.8) is 0 Å². The standard InChI is InChI=1S/C23H27N5O/c1-17(2)18-4-5-22(29-3)20(14-18)21-15-25-16-23(26-21)28-12-10-27(11-13-28)19-6-8-24-9-7-19/h4-9,14-17H,10-13H2,1-3H3. The maximum Gasteiger partial charge on any atom is 0.147 e. The highest BCUT2D eigenvalue weighted by molar-refractivity contribution is 5.69. The van der Waals surface area contributed by atoms with Crippen LogP contribution in [-0.2, 0) is 0 Å². The molecule has 1 aromatic carbocycles. The molecule has 0 unspecified atom stereocenters. The Bertz CT molecular complexity index is 952. The molecule has 6 heteroatoms. The SMILES string of the molecule is COc1ccc(C(C)C)cc1-c1cncc(N2CCN(c3ccncc3)CC2)n1. The normalized spacial score (nSPS) is 14.3. The molecule has 6 nitrogen and oxygen atoms in total. The Morgan fingerprint density at radius 1 is 0.897 bits per heavy atom. The van der Waals surface area contributed by atoms with Crippen molar-refractivity contribution in [1.29, 1.82) is 0 Å². The van der Waals surface area contributed by atoms with Crippen molar-refractivity contribution >= 4 is 11.5 Å². The molecule has 1 saturated heterocycles. The molecule has 0 N–H and O–H groups in total. The van der Waals surface area contributed by atoms with Crippen LogP contribution in [-0.4, -0.2) is 48.2 Å². The van der Waals surface area contributed by atoms with E-state index in [1.54, 1.807) is 7.11 Å². The van der Waals surface area contributed by atoms with Gasteiger partial charge in [-0.3, -0.25) is 9.97 Å². The van der Waals surface area contributed by atoms with E-state index in [-0.39, 0.29) is 0 Å².